The predicted octanol–water partition coefficient (Wildman–Crippen LogP) is 0.638. The van der Waals surface area contributed by atoms with Gasteiger partial charge < -0.3 is 15.0 Å². The molecule has 7 heteroatoms. The largest absolute Gasteiger partial charge is 0.378 e. The molecule has 0 aliphatic carbocycles. The van der Waals surface area contributed by atoms with Crippen molar-refractivity contribution in [1.82, 2.24) is 20.3 Å². The first-order chi connectivity index (χ1) is 10.8. The standard InChI is InChI=1S/C15H17N5O2/c21-14(18-11-12-3-1-2-5-16-12)13-4-6-17-15(19-13)20-7-9-22-10-8-20/h1-6H,7-11H2,(H,18,21). The minimum absolute atomic E-state index is 0.234. The monoisotopic (exact) mass is 299 g/mol. The highest BCUT2D eigenvalue weighted by Gasteiger charge is 2.16. The molecule has 22 heavy (non-hydrogen) atoms. The molecular weight excluding hydrogens is 282 g/mol. The van der Waals surface area contributed by atoms with Crippen LogP contribution in [-0.4, -0.2) is 47.2 Å². The van der Waals surface area contributed by atoms with Crippen LogP contribution >= 0.6 is 0 Å². The van der Waals surface area contributed by atoms with Gasteiger partial charge in [-0.2, -0.15) is 0 Å². The molecule has 3 rings (SSSR count). The van der Waals surface area contributed by atoms with Gasteiger partial charge in [-0.05, 0) is 18.2 Å². The summed E-state index contributed by atoms with van der Waals surface area (Å²) >= 11 is 0. The lowest BCUT2D eigenvalue weighted by atomic mass is 10.3. The van der Waals surface area contributed by atoms with E-state index in [1.165, 1.54) is 0 Å². The van der Waals surface area contributed by atoms with Crippen molar-refractivity contribution in [1.29, 1.82) is 0 Å². The summed E-state index contributed by atoms with van der Waals surface area (Å²) in [5, 5.41) is 2.81. The van der Waals surface area contributed by atoms with Gasteiger partial charge in [0.25, 0.3) is 5.91 Å². The van der Waals surface area contributed by atoms with Gasteiger partial charge in [0.2, 0.25) is 5.95 Å². The van der Waals surface area contributed by atoms with Crippen LogP contribution in [-0.2, 0) is 11.3 Å². The summed E-state index contributed by atoms with van der Waals surface area (Å²) in [5.41, 5.74) is 1.16. The third kappa shape index (κ3) is 3.56. The van der Waals surface area contributed by atoms with E-state index >= 15 is 0 Å². The number of anilines is 1. The van der Waals surface area contributed by atoms with Crippen molar-refractivity contribution < 1.29 is 9.53 Å². The van der Waals surface area contributed by atoms with E-state index in [1.807, 2.05) is 23.1 Å². The van der Waals surface area contributed by atoms with Crippen LogP contribution in [0, 0.1) is 0 Å². The average Bonchev–Trinajstić information content (AvgIpc) is 2.61. The number of aromatic nitrogens is 3. The highest BCUT2D eigenvalue weighted by molar-refractivity contribution is 5.92. The molecule has 0 spiro atoms. The van der Waals surface area contributed by atoms with Gasteiger partial charge >= 0.3 is 0 Å². The van der Waals surface area contributed by atoms with E-state index in [0.29, 0.717) is 31.4 Å². The smallest absolute Gasteiger partial charge is 0.270 e. The van der Waals surface area contributed by atoms with Gasteiger partial charge in [0.1, 0.15) is 5.69 Å². The topological polar surface area (TPSA) is 80.2 Å². The van der Waals surface area contributed by atoms with E-state index in [2.05, 4.69) is 20.3 Å². The molecule has 1 saturated heterocycles. The molecule has 0 saturated carbocycles. The van der Waals surface area contributed by atoms with Crippen LogP contribution in [0.2, 0.25) is 0 Å². The second kappa shape index (κ2) is 6.95. The Balaban J connectivity index is 1.64. The zero-order valence-electron chi connectivity index (χ0n) is 12.1. The van der Waals surface area contributed by atoms with Crippen LogP contribution < -0.4 is 10.2 Å². The van der Waals surface area contributed by atoms with Crippen molar-refractivity contribution in [3.63, 3.8) is 0 Å². The van der Waals surface area contributed by atoms with Crippen LogP contribution in [0.3, 0.4) is 0 Å². The van der Waals surface area contributed by atoms with E-state index in [-0.39, 0.29) is 5.91 Å². The Hall–Kier alpha value is -2.54. The summed E-state index contributed by atoms with van der Waals surface area (Å²) in [4.78, 5) is 26.9. The molecule has 0 unspecified atom stereocenters. The van der Waals surface area contributed by atoms with Crippen molar-refractivity contribution >= 4 is 11.9 Å². The fourth-order valence-electron chi connectivity index (χ4n) is 2.15. The molecule has 0 atom stereocenters. The van der Waals surface area contributed by atoms with Crippen molar-refractivity contribution in [2.24, 2.45) is 0 Å². The Morgan fingerprint density at radius 3 is 2.82 bits per heavy atom. The Kier molecular flexibility index (Phi) is 4.55. The first kappa shape index (κ1) is 14.4. The van der Waals surface area contributed by atoms with Crippen molar-refractivity contribution in [3.8, 4) is 0 Å². The summed E-state index contributed by atoms with van der Waals surface area (Å²) < 4.78 is 5.30. The Morgan fingerprint density at radius 1 is 1.18 bits per heavy atom. The molecule has 1 amide bonds. The zero-order chi connectivity index (χ0) is 15.2. The molecular formula is C15H17N5O2. The van der Waals surface area contributed by atoms with Gasteiger partial charge in [0.05, 0.1) is 25.5 Å². The summed E-state index contributed by atoms with van der Waals surface area (Å²) in [6.45, 7) is 3.15. The van der Waals surface area contributed by atoms with Crippen LogP contribution in [0.5, 0.6) is 0 Å². The number of hydrogen-bond donors (Lipinski definition) is 1. The lowest BCUT2D eigenvalue weighted by molar-refractivity contribution is 0.0945. The molecule has 1 aliphatic heterocycles. The average molecular weight is 299 g/mol. The number of rotatable bonds is 4. The van der Waals surface area contributed by atoms with Gasteiger partial charge in [0, 0.05) is 25.5 Å². The van der Waals surface area contributed by atoms with Crippen molar-refractivity contribution in [2.75, 3.05) is 31.2 Å². The number of carbonyl (C=O) groups excluding carboxylic acids is 1. The number of ether oxygens (including phenoxy) is 1. The first-order valence-electron chi connectivity index (χ1n) is 7.17. The van der Waals surface area contributed by atoms with Gasteiger partial charge in [-0.15, -0.1) is 0 Å². The van der Waals surface area contributed by atoms with Gasteiger partial charge in [-0.3, -0.25) is 9.78 Å². The predicted molar refractivity (Wildman–Crippen MR) is 80.5 cm³/mol. The van der Waals surface area contributed by atoms with E-state index in [4.69, 9.17) is 4.74 Å². The van der Waals surface area contributed by atoms with Gasteiger partial charge in [-0.25, -0.2) is 9.97 Å². The maximum atomic E-state index is 12.2. The number of hydrogen-bond acceptors (Lipinski definition) is 6. The molecule has 2 aromatic rings. The first-order valence-corrected chi connectivity index (χ1v) is 7.17. The number of pyridine rings is 1. The zero-order valence-corrected chi connectivity index (χ0v) is 12.1. The minimum Gasteiger partial charge on any atom is -0.378 e. The number of nitrogens with zero attached hydrogens (tertiary/aromatic N) is 4. The fraction of sp³-hybridized carbons (Fsp3) is 0.333. The summed E-state index contributed by atoms with van der Waals surface area (Å²) in [7, 11) is 0. The molecule has 1 N–H and O–H groups in total. The second-order valence-electron chi connectivity index (χ2n) is 4.85. The quantitative estimate of drug-likeness (QED) is 0.892. The maximum Gasteiger partial charge on any atom is 0.270 e. The van der Waals surface area contributed by atoms with Crippen LogP contribution in [0.25, 0.3) is 0 Å². The highest BCUT2D eigenvalue weighted by Crippen LogP contribution is 2.09. The lowest BCUT2D eigenvalue weighted by Gasteiger charge is -2.26. The lowest BCUT2D eigenvalue weighted by Crippen LogP contribution is -2.37. The number of amides is 1. The van der Waals surface area contributed by atoms with E-state index in [9.17, 15) is 4.79 Å². The molecule has 0 bridgehead atoms. The summed E-state index contributed by atoms with van der Waals surface area (Å²) in [6, 6.07) is 7.19. The molecule has 1 aliphatic rings. The highest BCUT2D eigenvalue weighted by atomic mass is 16.5. The Morgan fingerprint density at radius 2 is 2.05 bits per heavy atom. The summed E-state index contributed by atoms with van der Waals surface area (Å²) in [5.74, 6) is 0.330. The number of morpholine rings is 1. The van der Waals surface area contributed by atoms with Gasteiger partial charge in [0.15, 0.2) is 0 Å². The van der Waals surface area contributed by atoms with E-state index in [1.54, 1.807) is 18.5 Å². The molecule has 7 nitrogen and oxygen atoms in total. The molecule has 0 radical (unpaired) electrons. The third-order valence-electron chi connectivity index (χ3n) is 3.33. The van der Waals surface area contributed by atoms with E-state index < -0.39 is 0 Å². The second-order valence-corrected chi connectivity index (χ2v) is 4.85. The van der Waals surface area contributed by atoms with Crippen molar-refractivity contribution in [3.05, 3.63) is 48.0 Å². The molecule has 114 valence electrons. The fourth-order valence-corrected chi connectivity index (χ4v) is 2.15. The van der Waals surface area contributed by atoms with Crippen molar-refractivity contribution in [2.45, 2.75) is 6.54 Å². The van der Waals surface area contributed by atoms with Crippen LogP contribution in [0.1, 0.15) is 16.2 Å². The third-order valence-corrected chi connectivity index (χ3v) is 3.33. The van der Waals surface area contributed by atoms with Crippen LogP contribution in [0.4, 0.5) is 5.95 Å². The number of nitrogens with one attached hydrogen (secondary N) is 1. The van der Waals surface area contributed by atoms with Gasteiger partial charge in [-0.1, -0.05) is 6.07 Å². The normalized spacial score (nSPS) is 14.6. The summed E-state index contributed by atoms with van der Waals surface area (Å²) in [6.07, 6.45) is 3.30. The SMILES string of the molecule is O=C(NCc1ccccn1)c1ccnc(N2CCOCC2)n1. The Bertz CT molecular complexity index is 629. The molecule has 2 aromatic heterocycles. The molecule has 3 heterocycles. The maximum absolute atomic E-state index is 12.2. The van der Waals surface area contributed by atoms with E-state index in [0.717, 1.165) is 18.8 Å². The minimum atomic E-state index is -0.234. The van der Waals surface area contributed by atoms with Crippen LogP contribution in [0.15, 0.2) is 36.7 Å². The number of carbonyl (C=O) groups is 1. The Labute approximate surface area is 128 Å². The molecule has 1 fully saturated rings. The molecule has 0 aromatic carbocycles.